The smallest absolute Gasteiger partial charge is 0.326 e. The standard InChI is InChI=1S/C54H88N2O10S/c57-49(55-46-35-33-45(34-36-46)53(62)56-48(54(63)64)37-38-50(58)59)39-40-67-42-47(66-52(61)32-24-14-10-6-2-4-8-12-18-26-44-29-21-16-22-30-44)41-65-51(60)31-23-13-9-5-1-3-7-11-17-25-43-27-19-15-20-28-43/h33-36,43-44,47-48H,1-32,37-42H2,(H,55,57)(H,56,62)(H,58,59)(H,63,64)/t47?,48-/m0/s1. The second-order valence-electron chi connectivity index (χ2n) is 19.5. The maximum absolute atomic E-state index is 12.9. The SMILES string of the molecule is O=C(O)CC[C@H](NC(=O)c1ccc(NC(=O)CCSCC(COC(=O)CCCCCCCCCCCC2CCCCC2)OC(=O)CCCCCCCCCCCC2CCCCC2)cc1)C(=O)O. The first-order chi connectivity index (χ1) is 32.6. The Morgan fingerprint density at radius 1 is 0.582 bits per heavy atom. The van der Waals surface area contributed by atoms with Gasteiger partial charge in [-0.05, 0) is 55.4 Å². The van der Waals surface area contributed by atoms with Gasteiger partial charge in [0, 0.05) is 48.4 Å². The third-order valence-electron chi connectivity index (χ3n) is 13.6. The van der Waals surface area contributed by atoms with E-state index in [-0.39, 0.29) is 42.9 Å². The minimum atomic E-state index is -1.35. The number of unbranched alkanes of at least 4 members (excludes halogenated alkanes) is 16. The molecule has 1 unspecified atom stereocenters. The van der Waals surface area contributed by atoms with Crippen LogP contribution in [0.15, 0.2) is 24.3 Å². The van der Waals surface area contributed by atoms with Gasteiger partial charge < -0.3 is 30.3 Å². The molecular weight excluding hydrogens is 869 g/mol. The number of carbonyl (C=O) groups excluding carboxylic acids is 4. The summed E-state index contributed by atoms with van der Waals surface area (Å²) in [6.07, 6.45) is 38.1. The van der Waals surface area contributed by atoms with Crippen molar-refractivity contribution in [2.45, 2.75) is 237 Å². The average molecular weight is 957 g/mol. The molecule has 0 aromatic heterocycles. The molecule has 67 heavy (non-hydrogen) atoms. The lowest BCUT2D eigenvalue weighted by molar-refractivity contribution is -0.157. The highest BCUT2D eigenvalue weighted by Gasteiger charge is 2.22. The van der Waals surface area contributed by atoms with E-state index in [0.29, 0.717) is 30.0 Å². The summed E-state index contributed by atoms with van der Waals surface area (Å²) in [6, 6.07) is 4.59. The van der Waals surface area contributed by atoms with Gasteiger partial charge in [-0.25, -0.2) is 4.79 Å². The number of benzene rings is 1. The average Bonchev–Trinajstić information content (AvgIpc) is 3.32. The number of ether oxygens (including phenoxy) is 2. The van der Waals surface area contributed by atoms with E-state index < -0.39 is 36.4 Å². The van der Waals surface area contributed by atoms with Crippen molar-refractivity contribution in [3.63, 3.8) is 0 Å². The zero-order valence-electron chi connectivity index (χ0n) is 41.1. The van der Waals surface area contributed by atoms with Crippen LogP contribution < -0.4 is 10.6 Å². The fraction of sp³-hybridized carbons (Fsp3) is 0.778. The largest absolute Gasteiger partial charge is 0.481 e. The molecule has 1 aromatic rings. The molecule has 0 saturated heterocycles. The first-order valence-electron chi connectivity index (χ1n) is 26.7. The van der Waals surface area contributed by atoms with Crippen LogP contribution >= 0.6 is 11.8 Å². The first kappa shape index (κ1) is 57.7. The lowest BCUT2D eigenvalue weighted by atomic mass is 9.85. The van der Waals surface area contributed by atoms with E-state index in [9.17, 15) is 33.9 Å². The Bertz CT molecular complexity index is 1530. The molecule has 2 aliphatic carbocycles. The lowest BCUT2D eigenvalue weighted by Crippen LogP contribution is -2.41. The molecular formula is C54H88N2O10S. The summed E-state index contributed by atoms with van der Waals surface area (Å²) in [4.78, 5) is 73.3. The van der Waals surface area contributed by atoms with Gasteiger partial charge in [-0.15, -0.1) is 0 Å². The van der Waals surface area contributed by atoms with Gasteiger partial charge in [0.05, 0.1) is 0 Å². The van der Waals surface area contributed by atoms with Crippen LogP contribution in [-0.2, 0) is 33.4 Å². The second kappa shape index (κ2) is 37.3. The molecule has 0 bridgehead atoms. The molecule has 2 amide bonds. The van der Waals surface area contributed by atoms with Gasteiger partial charge in [0.1, 0.15) is 18.8 Å². The Hall–Kier alpha value is -3.61. The van der Waals surface area contributed by atoms with Crippen molar-refractivity contribution in [1.29, 1.82) is 0 Å². The topological polar surface area (TPSA) is 185 Å². The molecule has 12 nitrogen and oxygen atoms in total. The maximum atomic E-state index is 12.9. The van der Waals surface area contributed by atoms with E-state index in [0.717, 1.165) is 50.4 Å². The van der Waals surface area contributed by atoms with Crippen molar-refractivity contribution >= 4 is 53.1 Å². The molecule has 380 valence electrons. The molecule has 0 radical (unpaired) electrons. The van der Waals surface area contributed by atoms with Crippen LogP contribution in [0, 0.1) is 11.8 Å². The number of aliphatic carboxylic acids is 2. The Morgan fingerprint density at radius 2 is 1.06 bits per heavy atom. The van der Waals surface area contributed by atoms with Crippen LogP contribution in [0.2, 0.25) is 0 Å². The molecule has 1 aromatic carbocycles. The lowest BCUT2D eigenvalue weighted by Gasteiger charge is -2.21. The van der Waals surface area contributed by atoms with Gasteiger partial charge in [-0.3, -0.25) is 24.0 Å². The van der Waals surface area contributed by atoms with Crippen LogP contribution in [0.3, 0.4) is 0 Å². The molecule has 3 rings (SSSR count). The highest BCUT2D eigenvalue weighted by atomic mass is 32.2. The summed E-state index contributed by atoms with van der Waals surface area (Å²) >= 11 is 1.44. The molecule has 2 saturated carbocycles. The van der Waals surface area contributed by atoms with Crippen molar-refractivity contribution in [2.24, 2.45) is 11.8 Å². The highest BCUT2D eigenvalue weighted by Crippen LogP contribution is 2.29. The number of hydrogen-bond acceptors (Lipinski definition) is 9. The molecule has 2 aliphatic rings. The molecule has 4 N–H and O–H groups in total. The van der Waals surface area contributed by atoms with Crippen molar-refractivity contribution in [3.8, 4) is 0 Å². The summed E-state index contributed by atoms with van der Waals surface area (Å²) in [5, 5.41) is 23.3. The molecule has 2 atom stereocenters. The maximum Gasteiger partial charge on any atom is 0.326 e. The summed E-state index contributed by atoms with van der Waals surface area (Å²) in [7, 11) is 0. The van der Waals surface area contributed by atoms with E-state index in [1.807, 2.05) is 0 Å². The van der Waals surface area contributed by atoms with Crippen molar-refractivity contribution in [2.75, 3.05) is 23.4 Å². The van der Waals surface area contributed by atoms with Gasteiger partial charge in [-0.2, -0.15) is 11.8 Å². The van der Waals surface area contributed by atoms with Gasteiger partial charge >= 0.3 is 23.9 Å². The number of carboxylic acid groups (broad SMARTS) is 2. The van der Waals surface area contributed by atoms with Crippen LogP contribution in [-0.4, -0.2) is 76.2 Å². The van der Waals surface area contributed by atoms with Gasteiger partial charge in [0.25, 0.3) is 5.91 Å². The van der Waals surface area contributed by atoms with Crippen molar-refractivity contribution in [1.82, 2.24) is 5.32 Å². The zero-order chi connectivity index (χ0) is 48.2. The van der Waals surface area contributed by atoms with Gasteiger partial charge in [0.2, 0.25) is 5.91 Å². The molecule has 0 spiro atoms. The fourth-order valence-electron chi connectivity index (χ4n) is 9.53. The molecule has 2 fully saturated rings. The van der Waals surface area contributed by atoms with E-state index in [2.05, 4.69) is 10.6 Å². The minimum absolute atomic E-state index is 0.0160. The zero-order valence-corrected chi connectivity index (χ0v) is 41.9. The van der Waals surface area contributed by atoms with E-state index in [1.165, 1.54) is 190 Å². The third-order valence-corrected chi connectivity index (χ3v) is 14.7. The predicted octanol–water partition coefficient (Wildman–Crippen LogP) is 13.0. The second-order valence-corrected chi connectivity index (χ2v) is 20.6. The van der Waals surface area contributed by atoms with Gasteiger partial charge in [0.15, 0.2) is 0 Å². The van der Waals surface area contributed by atoms with Crippen LogP contribution in [0.25, 0.3) is 0 Å². The van der Waals surface area contributed by atoms with Crippen molar-refractivity contribution < 1.29 is 48.5 Å². The molecule has 0 heterocycles. The number of hydrogen-bond donors (Lipinski definition) is 4. The number of amides is 2. The number of thioether (sulfide) groups is 1. The summed E-state index contributed by atoms with van der Waals surface area (Å²) in [5.41, 5.74) is 0.606. The van der Waals surface area contributed by atoms with Crippen molar-refractivity contribution in [3.05, 3.63) is 29.8 Å². The normalized spacial score (nSPS) is 15.3. The first-order valence-corrected chi connectivity index (χ1v) is 27.8. The molecule has 13 heteroatoms. The van der Waals surface area contributed by atoms with E-state index in [1.54, 1.807) is 0 Å². The van der Waals surface area contributed by atoms with E-state index in [4.69, 9.17) is 14.6 Å². The van der Waals surface area contributed by atoms with Crippen LogP contribution in [0.4, 0.5) is 5.69 Å². The van der Waals surface area contributed by atoms with Gasteiger partial charge in [-0.1, -0.05) is 180 Å². The monoisotopic (exact) mass is 957 g/mol. The Morgan fingerprint density at radius 3 is 1.55 bits per heavy atom. The fourth-order valence-corrected chi connectivity index (χ4v) is 10.4. The predicted molar refractivity (Wildman–Crippen MR) is 268 cm³/mol. The Kier molecular flexibility index (Phi) is 32.1. The number of carbonyl (C=O) groups is 6. The van der Waals surface area contributed by atoms with E-state index >= 15 is 0 Å². The Balaban J connectivity index is 1.31. The summed E-state index contributed by atoms with van der Waals surface area (Å²) in [5.74, 6) is -1.23. The Labute approximate surface area is 407 Å². The number of esters is 2. The summed E-state index contributed by atoms with van der Waals surface area (Å²) in [6.45, 7) is -0.0160. The highest BCUT2D eigenvalue weighted by molar-refractivity contribution is 7.99. The number of nitrogens with one attached hydrogen (secondary N) is 2. The third kappa shape index (κ3) is 29.8. The minimum Gasteiger partial charge on any atom is -0.481 e. The number of anilines is 1. The quantitative estimate of drug-likeness (QED) is 0.0363. The number of carboxylic acids is 2. The van der Waals surface area contributed by atoms with Crippen LogP contribution in [0.5, 0.6) is 0 Å². The number of rotatable bonds is 39. The summed E-state index contributed by atoms with van der Waals surface area (Å²) < 4.78 is 11.4. The van der Waals surface area contributed by atoms with Crippen LogP contribution in [0.1, 0.15) is 235 Å². The molecule has 0 aliphatic heterocycles.